The first kappa shape index (κ1) is 67.1. The second kappa shape index (κ2) is 35.4. The SMILES string of the molecule is Brc1cscc1Br.CCCCCCCCC1(CCCCCCCC)c2cc(B3OCCCO3)ccc2-c2ccc(B3OCCCO3)cc21.CCCCCCCCC1(CCCCCCCC)c2cc(C)ccc2-c2ccc(-c3cscc3C)cc21. The summed E-state index contributed by atoms with van der Waals surface area (Å²) < 4.78 is 26.6. The summed E-state index contributed by atoms with van der Waals surface area (Å²) in [6, 6.07) is 28.8. The zero-order valence-electron chi connectivity index (χ0n) is 52.6. The Labute approximate surface area is 535 Å². The Morgan fingerprint density at radius 2 is 0.726 bits per heavy atom. The Morgan fingerprint density at radius 1 is 0.381 bits per heavy atom. The smallest absolute Gasteiger partial charge is 0.407 e. The molecule has 0 radical (unpaired) electrons. The predicted molar refractivity (Wildman–Crippen MR) is 374 cm³/mol. The second-order valence-corrected chi connectivity index (χ2v) is 28.2. The molecule has 2 fully saturated rings. The number of benzene rings is 4. The van der Waals surface area contributed by atoms with Gasteiger partial charge in [0.15, 0.2) is 0 Å². The molecule has 6 aromatic rings. The Morgan fingerprint density at radius 3 is 1.10 bits per heavy atom. The fourth-order valence-electron chi connectivity index (χ4n) is 14.0. The van der Waals surface area contributed by atoms with E-state index in [1.165, 1.54) is 246 Å². The van der Waals surface area contributed by atoms with Gasteiger partial charge in [0.2, 0.25) is 0 Å². The lowest BCUT2D eigenvalue weighted by Crippen LogP contribution is -2.42. The minimum atomic E-state index is -0.252. The molecule has 2 aliphatic heterocycles. The molecule has 4 aliphatic rings. The Balaban J connectivity index is 0.000000197. The highest BCUT2D eigenvalue weighted by Crippen LogP contribution is 2.56. The standard InChI is InChI=1S/C35H52B2O4.C35H48S.C4H2Br2S/c1-3-5-7-9-11-13-21-35(22-14-12-10-8-6-4-2)33-27-29(36-38-23-15-24-39-36)17-19-31(33)32-20-18-30(28-34(32)35)37-40-25-16-26-41-37;1-5-7-9-11-13-15-21-35(22-16-14-12-10-8-6-2)33-23-27(3)17-19-30(33)31-20-18-29(24-34(31)35)32-26-36-25-28(32)4;5-3-1-7-2-4(3)6/h17-20,27-28H,3-16,21-26H2,1-2H3;17-20,23-26H,5-16,21-22H2,1-4H3;1-2H. The highest BCUT2D eigenvalue weighted by molar-refractivity contribution is 9.13. The fourth-order valence-corrected chi connectivity index (χ4v) is 16.6. The van der Waals surface area contributed by atoms with E-state index in [-0.39, 0.29) is 25.1 Å². The van der Waals surface area contributed by atoms with E-state index in [2.05, 4.69) is 157 Å². The van der Waals surface area contributed by atoms with Crippen molar-refractivity contribution in [2.24, 2.45) is 0 Å². The van der Waals surface area contributed by atoms with Crippen molar-refractivity contribution in [3.05, 3.63) is 137 Å². The first-order chi connectivity index (χ1) is 41.2. The third kappa shape index (κ3) is 17.8. The molecule has 0 bridgehead atoms. The normalized spacial score (nSPS) is 15.4. The van der Waals surface area contributed by atoms with Crippen LogP contribution in [0.15, 0.2) is 103 Å². The van der Waals surface area contributed by atoms with Crippen LogP contribution in [0.25, 0.3) is 33.4 Å². The summed E-state index contributed by atoms with van der Waals surface area (Å²) in [6.07, 6.45) is 39.2. The Bertz CT molecular complexity index is 2770. The van der Waals surface area contributed by atoms with Crippen molar-refractivity contribution in [3.63, 3.8) is 0 Å². The molecule has 10 rings (SSSR count). The molecule has 84 heavy (non-hydrogen) atoms. The predicted octanol–water partition coefficient (Wildman–Crippen LogP) is 22.8. The van der Waals surface area contributed by atoms with Gasteiger partial charge >= 0.3 is 14.2 Å². The summed E-state index contributed by atoms with van der Waals surface area (Å²) in [5.74, 6) is 0. The highest BCUT2D eigenvalue weighted by Gasteiger charge is 2.45. The molecule has 4 heterocycles. The summed E-state index contributed by atoms with van der Waals surface area (Å²) in [5, 5.41) is 8.70. The van der Waals surface area contributed by atoms with Gasteiger partial charge in [-0.05, 0) is 173 Å². The van der Waals surface area contributed by atoms with Gasteiger partial charge in [0.05, 0.1) is 0 Å². The maximum atomic E-state index is 6.08. The van der Waals surface area contributed by atoms with E-state index in [1.54, 1.807) is 22.5 Å². The molecule has 2 saturated heterocycles. The zero-order chi connectivity index (χ0) is 59.0. The van der Waals surface area contributed by atoms with Gasteiger partial charge in [-0.2, -0.15) is 22.7 Å². The molecule has 4 aromatic carbocycles. The molecule has 0 N–H and O–H groups in total. The number of rotatable bonds is 31. The van der Waals surface area contributed by atoms with E-state index in [1.807, 2.05) is 22.1 Å². The lowest BCUT2D eigenvalue weighted by atomic mass is 9.67. The molecule has 0 unspecified atom stereocenters. The topological polar surface area (TPSA) is 36.9 Å². The summed E-state index contributed by atoms with van der Waals surface area (Å²) in [7, 11) is -0.503. The highest BCUT2D eigenvalue weighted by atomic mass is 79.9. The maximum absolute atomic E-state index is 6.08. The number of thiophene rings is 2. The van der Waals surface area contributed by atoms with Crippen molar-refractivity contribution in [3.8, 4) is 33.4 Å². The molecule has 0 atom stereocenters. The largest absolute Gasteiger partial charge is 0.493 e. The molecular weight excluding hydrogens is 1200 g/mol. The van der Waals surface area contributed by atoms with E-state index in [0.717, 1.165) is 48.2 Å². The van der Waals surface area contributed by atoms with Gasteiger partial charge in [0.1, 0.15) is 0 Å². The van der Waals surface area contributed by atoms with Gasteiger partial charge < -0.3 is 18.6 Å². The number of unbranched alkanes of at least 4 members (excludes halogenated alkanes) is 20. The van der Waals surface area contributed by atoms with Crippen LogP contribution in [-0.2, 0) is 29.4 Å². The van der Waals surface area contributed by atoms with Gasteiger partial charge in [-0.25, -0.2) is 0 Å². The second-order valence-electron chi connectivity index (χ2n) is 25.0. The lowest BCUT2D eigenvalue weighted by Gasteiger charge is -2.34. The van der Waals surface area contributed by atoms with E-state index in [9.17, 15) is 0 Å². The van der Waals surface area contributed by atoms with Crippen LogP contribution in [0, 0.1) is 13.8 Å². The minimum absolute atomic E-state index is 0.00946. The molecule has 0 spiro atoms. The monoisotopic (exact) mass is 1300 g/mol. The average molecular weight is 1300 g/mol. The molecule has 4 nitrogen and oxygen atoms in total. The summed E-state index contributed by atoms with van der Waals surface area (Å²) in [6.45, 7) is 16.9. The van der Waals surface area contributed by atoms with Crippen molar-refractivity contribution in [1.29, 1.82) is 0 Å². The minimum Gasteiger partial charge on any atom is -0.407 e. The third-order valence-electron chi connectivity index (χ3n) is 18.7. The van der Waals surface area contributed by atoms with Gasteiger partial charge in [0, 0.05) is 57.0 Å². The van der Waals surface area contributed by atoms with Crippen LogP contribution in [0.2, 0.25) is 0 Å². The molecule has 2 aliphatic carbocycles. The number of hydrogen-bond acceptors (Lipinski definition) is 6. The van der Waals surface area contributed by atoms with E-state index in [4.69, 9.17) is 18.6 Å². The number of fused-ring (bicyclic) bond motifs is 6. The Kier molecular flexibility index (Phi) is 28.3. The van der Waals surface area contributed by atoms with E-state index in [0.29, 0.717) is 0 Å². The first-order valence-electron chi connectivity index (χ1n) is 33.6. The molecule has 0 amide bonds. The van der Waals surface area contributed by atoms with E-state index < -0.39 is 0 Å². The number of aryl methyl sites for hydroxylation is 2. The molecular formula is C74H102B2Br2O4S2. The summed E-state index contributed by atoms with van der Waals surface area (Å²) in [5.41, 5.74) is 20.2. The quantitative estimate of drug-likeness (QED) is 0.0321. The van der Waals surface area contributed by atoms with Crippen molar-refractivity contribution < 1.29 is 18.6 Å². The zero-order valence-corrected chi connectivity index (χ0v) is 57.4. The van der Waals surface area contributed by atoms with Crippen molar-refractivity contribution in [2.75, 3.05) is 26.4 Å². The number of halogens is 2. The number of hydrogen-bond donors (Lipinski definition) is 0. The van der Waals surface area contributed by atoms with Gasteiger partial charge in [-0.3, -0.25) is 0 Å². The van der Waals surface area contributed by atoms with Crippen molar-refractivity contribution in [1.82, 2.24) is 0 Å². The summed E-state index contributed by atoms with van der Waals surface area (Å²) in [4.78, 5) is 0. The lowest BCUT2D eigenvalue weighted by molar-refractivity contribution is 0.143. The van der Waals surface area contributed by atoms with Crippen LogP contribution in [0.4, 0.5) is 0 Å². The van der Waals surface area contributed by atoms with Gasteiger partial charge in [-0.1, -0.05) is 254 Å². The van der Waals surface area contributed by atoms with Crippen LogP contribution in [0.5, 0.6) is 0 Å². The Hall–Kier alpha value is -2.79. The first-order valence-corrected chi connectivity index (χ1v) is 37.1. The molecule has 2 aromatic heterocycles. The van der Waals surface area contributed by atoms with Crippen LogP contribution in [-0.4, -0.2) is 40.7 Å². The summed E-state index contributed by atoms with van der Waals surface area (Å²) >= 11 is 10.2. The van der Waals surface area contributed by atoms with Crippen LogP contribution < -0.4 is 10.9 Å². The van der Waals surface area contributed by atoms with Crippen molar-refractivity contribution >= 4 is 79.7 Å². The average Bonchev–Trinajstić information content (AvgIpc) is 2.54. The molecule has 10 heteroatoms. The van der Waals surface area contributed by atoms with Crippen molar-refractivity contribution in [2.45, 2.75) is 245 Å². The van der Waals surface area contributed by atoms with Gasteiger partial charge in [-0.15, -0.1) is 0 Å². The van der Waals surface area contributed by atoms with Crippen LogP contribution >= 0.6 is 54.5 Å². The molecule has 0 saturated carbocycles. The molecule has 454 valence electrons. The maximum Gasteiger partial charge on any atom is 0.493 e. The van der Waals surface area contributed by atoms with Crippen LogP contribution in [0.3, 0.4) is 0 Å². The van der Waals surface area contributed by atoms with E-state index >= 15 is 0 Å². The van der Waals surface area contributed by atoms with Gasteiger partial charge in [0.25, 0.3) is 0 Å². The van der Waals surface area contributed by atoms with Crippen LogP contribution in [0.1, 0.15) is 254 Å². The third-order valence-corrected chi connectivity index (χ3v) is 22.7. The fraction of sp³-hybridized carbons (Fsp3) is 0.568.